The van der Waals surface area contributed by atoms with Gasteiger partial charge in [0.1, 0.15) is 6.79 Å². The molecule has 1 saturated heterocycles. The molecule has 2 aliphatic heterocycles. The largest absolute Gasteiger partial charge is 0.372 e. The summed E-state index contributed by atoms with van der Waals surface area (Å²) >= 11 is 0. The lowest BCUT2D eigenvalue weighted by Gasteiger charge is -2.04. The number of rotatable bonds is 0. The Kier molecular flexibility index (Phi) is 4.35. The number of hydrogen-bond acceptors (Lipinski definition) is 4. The Balaban J connectivity index is 0.000000140. The second-order valence-corrected chi connectivity index (χ2v) is 3.84. The lowest BCUT2D eigenvalue weighted by atomic mass is 10.2. The van der Waals surface area contributed by atoms with E-state index in [0.717, 1.165) is 0 Å². The first-order valence-corrected chi connectivity index (χ1v) is 5.12. The van der Waals surface area contributed by atoms with Crippen molar-refractivity contribution in [2.75, 3.05) is 6.79 Å². The summed E-state index contributed by atoms with van der Waals surface area (Å²) in [6, 6.07) is 1.01. The van der Waals surface area contributed by atoms with Crippen molar-refractivity contribution in [1.82, 2.24) is 5.32 Å². The Morgan fingerprint density at radius 2 is 1.71 bits per heavy atom. The lowest BCUT2D eigenvalue weighted by Crippen LogP contribution is -2.25. The topological polar surface area (TPSA) is 42.9 Å². The Morgan fingerprint density at radius 3 is 1.86 bits per heavy atom. The normalized spacial score (nSPS) is 40.3. The average Bonchev–Trinajstić information content (AvgIpc) is 2.67. The fourth-order valence-corrected chi connectivity index (χ4v) is 1.07. The van der Waals surface area contributed by atoms with Crippen molar-refractivity contribution in [3.63, 3.8) is 0 Å². The van der Waals surface area contributed by atoms with Crippen LogP contribution >= 0.6 is 0 Å². The highest BCUT2D eigenvalue weighted by atomic mass is 16.7. The zero-order valence-electron chi connectivity index (χ0n) is 9.36. The molecule has 4 nitrogen and oxygen atoms in total. The molecule has 0 aromatic heterocycles. The molecule has 1 N–H and O–H groups in total. The van der Waals surface area contributed by atoms with Crippen LogP contribution in [0.3, 0.4) is 0 Å². The minimum absolute atomic E-state index is 0.292. The summed E-state index contributed by atoms with van der Waals surface area (Å²) in [5.74, 6) is 0. The second kappa shape index (κ2) is 5.32. The minimum atomic E-state index is 0.292. The van der Waals surface area contributed by atoms with Crippen molar-refractivity contribution in [3.05, 3.63) is 0 Å². The summed E-state index contributed by atoms with van der Waals surface area (Å²) in [5, 5.41) is 3.08. The van der Waals surface area contributed by atoms with Crippen molar-refractivity contribution >= 4 is 6.34 Å². The highest BCUT2D eigenvalue weighted by molar-refractivity contribution is 5.57. The molecule has 0 saturated carbocycles. The van der Waals surface area contributed by atoms with E-state index in [-0.39, 0.29) is 0 Å². The molecule has 0 aromatic carbocycles. The van der Waals surface area contributed by atoms with Gasteiger partial charge in [-0.05, 0) is 27.7 Å². The summed E-state index contributed by atoms with van der Waals surface area (Å²) in [5.41, 5.74) is 0. The van der Waals surface area contributed by atoms with Gasteiger partial charge < -0.3 is 14.8 Å². The summed E-state index contributed by atoms with van der Waals surface area (Å²) < 4.78 is 10.1. The van der Waals surface area contributed by atoms with Gasteiger partial charge in [0, 0.05) is 6.04 Å². The van der Waals surface area contributed by atoms with E-state index in [2.05, 4.69) is 24.2 Å². The number of nitrogens with zero attached hydrogens (tertiary/aromatic N) is 1. The molecule has 14 heavy (non-hydrogen) atoms. The van der Waals surface area contributed by atoms with Crippen LogP contribution in [0.25, 0.3) is 0 Å². The number of ether oxygens (including phenoxy) is 2. The van der Waals surface area contributed by atoms with Crippen LogP contribution in [0.2, 0.25) is 0 Å². The van der Waals surface area contributed by atoms with Crippen LogP contribution in [0.1, 0.15) is 27.7 Å². The van der Waals surface area contributed by atoms with Gasteiger partial charge in [0.2, 0.25) is 0 Å². The lowest BCUT2D eigenvalue weighted by molar-refractivity contribution is 0.0433. The molecule has 0 radical (unpaired) electrons. The maximum absolute atomic E-state index is 5.04. The molecule has 0 spiro atoms. The van der Waals surface area contributed by atoms with Crippen LogP contribution in [0.5, 0.6) is 0 Å². The number of aliphatic imine (C=N–C) groups is 1. The van der Waals surface area contributed by atoms with Gasteiger partial charge in [-0.25, -0.2) is 0 Å². The number of nitrogens with one attached hydrogen (secondary N) is 1. The zero-order valence-corrected chi connectivity index (χ0v) is 9.36. The third-order valence-corrected chi connectivity index (χ3v) is 2.69. The van der Waals surface area contributed by atoms with Gasteiger partial charge in [-0.3, -0.25) is 4.99 Å². The Hall–Kier alpha value is -0.610. The smallest absolute Gasteiger partial charge is 0.147 e. The SMILES string of the molecule is C[C@@H]1N=CN[C@@H]1C.C[C@@H]1OCO[C@@H]1C. The summed E-state index contributed by atoms with van der Waals surface area (Å²) in [6.07, 6.45) is 2.36. The Labute approximate surface area is 85.7 Å². The van der Waals surface area contributed by atoms with Crippen molar-refractivity contribution in [1.29, 1.82) is 0 Å². The number of hydrogen-bond donors (Lipinski definition) is 1. The fourth-order valence-electron chi connectivity index (χ4n) is 1.07. The van der Waals surface area contributed by atoms with Crippen molar-refractivity contribution in [2.24, 2.45) is 4.99 Å². The van der Waals surface area contributed by atoms with Gasteiger partial charge in [0.25, 0.3) is 0 Å². The molecule has 0 bridgehead atoms. The predicted octanol–water partition coefficient (Wildman–Crippen LogP) is 1.16. The van der Waals surface area contributed by atoms with Crippen molar-refractivity contribution in [3.8, 4) is 0 Å². The van der Waals surface area contributed by atoms with Gasteiger partial charge in [-0.15, -0.1) is 0 Å². The third-order valence-electron chi connectivity index (χ3n) is 2.69. The van der Waals surface area contributed by atoms with Crippen LogP contribution in [-0.2, 0) is 9.47 Å². The van der Waals surface area contributed by atoms with Crippen LogP contribution < -0.4 is 5.32 Å². The third kappa shape index (κ3) is 3.27. The maximum atomic E-state index is 5.04. The molecule has 82 valence electrons. The molecule has 4 atom stereocenters. The molecular formula is C10H20N2O2. The van der Waals surface area contributed by atoms with Crippen molar-refractivity contribution in [2.45, 2.75) is 52.0 Å². The van der Waals surface area contributed by atoms with Gasteiger partial charge in [0.05, 0.1) is 24.6 Å². The van der Waals surface area contributed by atoms with E-state index in [9.17, 15) is 0 Å². The summed E-state index contributed by atoms with van der Waals surface area (Å²) in [6.45, 7) is 8.72. The van der Waals surface area contributed by atoms with Crippen LogP contribution in [0.4, 0.5) is 0 Å². The predicted molar refractivity (Wildman–Crippen MR) is 56.5 cm³/mol. The van der Waals surface area contributed by atoms with Crippen molar-refractivity contribution < 1.29 is 9.47 Å². The first kappa shape index (κ1) is 11.5. The minimum Gasteiger partial charge on any atom is -0.372 e. The zero-order chi connectivity index (χ0) is 10.6. The van der Waals surface area contributed by atoms with E-state index < -0.39 is 0 Å². The van der Waals surface area contributed by atoms with E-state index >= 15 is 0 Å². The molecule has 2 heterocycles. The molecule has 2 aliphatic rings. The maximum Gasteiger partial charge on any atom is 0.147 e. The molecule has 0 aromatic rings. The quantitative estimate of drug-likeness (QED) is 0.638. The Bertz CT molecular complexity index is 189. The Morgan fingerprint density at radius 1 is 1.14 bits per heavy atom. The molecule has 2 rings (SSSR count). The highest BCUT2D eigenvalue weighted by Crippen LogP contribution is 2.09. The summed E-state index contributed by atoms with van der Waals surface area (Å²) in [4.78, 5) is 4.08. The first-order valence-electron chi connectivity index (χ1n) is 5.12. The molecule has 1 fully saturated rings. The van der Waals surface area contributed by atoms with Gasteiger partial charge in [0.15, 0.2) is 0 Å². The fraction of sp³-hybridized carbons (Fsp3) is 0.900. The first-order chi connectivity index (χ1) is 6.61. The molecular weight excluding hydrogens is 180 g/mol. The molecule has 0 aliphatic carbocycles. The summed E-state index contributed by atoms with van der Waals surface area (Å²) in [7, 11) is 0. The second-order valence-electron chi connectivity index (χ2n) is 3.84. The van der Waals surface area contributed by atoms with E-state index in [1.807, 2.05) is 13.8 Å². The standard InChI is InChI=1S/C5H10N2.C5H10O2/c2*1-4-5(2)7-3-6-4/h3-5H,1-2H3,(H,6,7);4-5H,3H2,1-2H3/t2*4-,5+. The van der Waals surface area contributed by atoms with Crippen LogP contribution in [0.15, 0.2) is 4.99 Å². The van der Waals surface area contributed by atoms with Crippen LogP contribution in [0, 0.1) is 0 Å². The molecule has 4 heteroatoms. The average molecular weight is 200 g/mol. The van der Waals surface area contributed by atoms with Gasteiger partial charge in [-0.2, -0.15) is 0 Å². The molecule has 0 amide bonds. The van der Waals surface area contributed by atoms with E-state index in [1.54, 1.807) is 6.34 Å². The molecule has 0 unspecified atom stereocenters. The van der Waals surface area contributed by atoms with Gasteiger partial charge >= 0.3 is 0 Å². The van der Waals surface area contributed by atoms with E-state index in [0.29, 0.717) is 31.1 Å². The monoisotopic (exact) mass is 200 g/mol. The van der Waals surface area contributed by atoms with Crippen LogP contribution in [-0.4, -0.2) is 37.4 Å². The highest BCUT2D eigenvalue weighted by Gasteiger charge is 2.18. The van der Waals surface area contributed by atoms with E-state index in [1.165, 1.54) is 0 Å². The van der Waals surface area contributed by atoms with Gasteiger partial charge in [-0.1, -0.05) is 0 Å². The van der Waals surface area contributed by atoms with E-state index in [4.69, 9.17) is 9.47 Å².